The Morgan fingerprint density at radius 1 is 1.15 bits per heavy atom. The van der Waals surface area contributed by atoms with Crippen molar-refractivity contribution in [3.05, 3.63) is 75.7 Å². The molecule has 0 fully saturated rings. The van der Waals surface area contributed by atoms with Gasteiger partial charge < -0.3 is 14.6 Å². The molecule has 1 atom stereocenters. The number of allylic oxidation sites excluding steroid dienone is 1. The molecule has 1 N–H and O–H groups in total. The molecule has 9 heteroatoms. The summed E-state index contributed by atoms with van der Waals surface area (Å²) in [5.74, 6) is 0.736. The standard InChI is InChI=1S/C24H24Cl2N4O3/c1-3-32-12-6-11-30-15(2)20(21(27-24(30)31)16-7-4-9-18(25)13-16)23-28-22(29-33-23)17-8-5-10-19(26)14-17/h4-5,7-10,13-14,21H,3,6,11-12H2,1-2H3,(H,27,31). The normalized spacial score (nSPS) is 16.3. The lowest BCUT2D eigenvalue weighted by atomic mass is 9.94. The van der Waals surface area contributed by atoms with Crippen LogP contribution in [0.2, 0.25) is 10.0 Å². The van der Waals surface area contributed by atoms with Crippen LogP contribution < -0.4 is 5.32 Å². The first kappa shape index (κ1) is 23.3. The van der Waals surface area contributed by atoms with E-state index < -0.39 is 6.04 Å². The largest absolute Gasteiger partial charge is 0.382 e. The van der Waals surface area contributed by atoms with E-state index in [9.17, 15) is 4.79 Å². The highest BCUT2D eigenvalue weighted by molar-refractivity contribution is 6.31. The number of hydrogen-bond donors (Lipinski definition) is 1. The molecule has 33 heavy (non-hydrogen) atoms. The van der Waals surface area contributed by atoms with E-state index in [1.165, 1.54) is 0 Å². The van der Waals surface area contributed by atoms with Crippen LogP contribution >= 0.6 is 23.2 Å². The van der Waals surface area contributed by atoms with Crippen LogP contribution in [0.5, 0.6) is 0 Å². The molecule has 4 rings (SSSR count). The number of amides is 2. The summed E-state index contributed by atoms with van der Waals surface area (Å²) < 4.78 is 11.1. The van der Waals surface area contributed by atoms with Gasteiger partial charge in [-0.25, -0.2) is 4.79 Å². The zero-order valence-corrected chi connectivity index (χ0v) is 19.9. The van der Waals surface area contributed by atoms with E-state index in [2.05, 4.69) is 15.5 Å². The predicted octanol–water partition coefficient (Wildman–Crippen LogP) is 5.97. The number of rotatable bonds is 8. The lowest BCUT2D eigenvalue weighted by molar-refractivity contribution is 0.136. The molecule has 0 spiro atoms. The van der Waals surface area contributed by atoms with Crippen molar-refractivity contribution in [1.29, 1.82) is 0 Å². The minimum atomic E-state index is -0.494. The Labute approximate surface area is 202 Å². The second kappa shape index (κ2) is 10.4. The maximum atomic E-state index is 13.0. The maximum absolute atomic E-state index is 13.0. The molecule has 1 unspecified atom stereocenters. The third-order valence-corrected chi connectivity index (χ3v) is 5.86. The highest BCUT2D eigenvalue weighted by Gasteiger charge is 2.35. The zero-order chi connectivity index (χ0) is 23.4. The van der Waals surface area contributed by atoms with Crippen LogP contribution in [0.3, 0.4) is 0 Å². The van der Waals surface area contributed by atoms with Crippen LogP contribution in [0.25, 0.3) is 17.0 Å². The van der Waals surface area contributed by atoms with Gasteiger partial charge in [0.2, 0.25) is 5.82 Å². The van der Waals surface area contributed by atoms with Crippen molar-refractivity contribution in [1.82, 2.24) is 20.4 Å². The van der Waals surface area contributed by atoms with Gasteiger partial charge in [-0.2, -0.15) is 4.98 Å². The molecule has 2 amide bonds. The molecular formula is C24H24Cl2N4O3. The van der Waals surface area contributed by atoms with Crippen LogP contribution in [-0.4, -0.2) is 40.8 Å². The molecule has 3 aromatic rings. The summed E-state index contributed by atoms with van der Waals surface area (Å²) in [7, 11) is 0. The molecule has 2 heterocycles. The van der Waals surface area contributed by atoms with Gasteiger partial charge in [0.15, 0.2) is 0 Å². The van der Waals surface area contributed by atoms with Gasteiger partial charge >= 0.3 is 6.03 Å². The number of carbonyl (C=O) groups is 1. The Bertz CT molecular complexity index is 1180. The van der Waals surface area contributed by atoms with Gasteiger partial charge in [-0.15, -0.1) is 0 Å². The summed E-state index contributed by atoms with van der Waals surface area (Å²) in [4.78, 5) is 19.3. The minimum absolute atomic E-state index is 0.202. The van der Waals surface area contributed by atoms with Crippen molar-refractivity contribution in [3.8, 4) is 11.4 Å². The van der Waals surface area contributed by atoms with Gasteiger partial charge in [0.25, 0.3) is 5.89 Å². The van der Waals surface area contributed by atoms with Crippen molar-refractivity contribution < 1.29 is 14.1 Å². The SMILES string of the molecule is CCOCCCN1C(=O)NC(c2cccc(Cl)c2)C(c2nc(-c3cccc(Cl)c3)no2)=C1C. The molecule has 0 bridgehead atoms. The molecule has 1 aromatic heterocycles. The van der Waals surface area contributed by atoms with Crippen LogP contribution in [0.15, 0.2) is 58.8 Å². The van der Waals surface area contributed by atoms with Crippen molar-refractivity contribution in [3.63, 3.8) is 0 Å². The molecule has 172 valence electrons. The third-order valence-electron chi connectivity index (χ3n) is 5.39. The molecule has 1 aliphatic rings. The summed E-state index contributed by atoms with van der Waals surface area (Å²) in [5.41, 5.74) is 3.01. The lowest BCUT2D eigenvalue weighted by Crippen LogP contribution is -2.46. The summed E-state index contributed by atoms with van der Waals surface area (Å²) in [6, 6.07) is 13.9. The average Bonchev–Trinajstić information content (AvgIpc) is 3.28. The maximum Gasteiger partial charge on any atom is 0.322 e. The van der Waals surface area contributed by atoms with Crippen molar-refractivity contribution in [2.75, 3.05) is 19.8 Å². The van der Waals surface area contributed by atoms with Crippen LogP contribution in [0.1, 0.15) is 37.8 Å². The fraction of sp³-hybridized carbons (Fsp3) is 0.292. The number of carbonyl (C=O) groups excluding carboxylic acids is 1. The fourth-order valence-corrected chi connectivity index (χ4v) is 4.20. The van der Waals surface area contributed by atoms with Crippen LogP contribution in [0.4, 0.5) is 4.79 Å². The van der Waals surface area contributed by atoms with Gasteiger partial charge in [0.05, 0.1) is 11.6 Å². The quantitative estimate of drug-likeness (QED) is 0.396. The molecule has 1 aliphatic heterocycles. The molecular weight excluding hydrogens is 463 g/mol. The van der Waals surface area contributed by atoms with Crippen molar-refractivity contribution in [2.24, 2.45) is 0 Å². The Balaban J connectivity index is 1.75. The average molecular weight is 487 g/mol. The number of halogens is 2. The first-order valence-electron chi connectivity index (χ1n) is 10.7. The Morgan fingerprint density at radius 2 is 1.91 bits per heavy atom. The highest BCUT2D eigenvalue weighted by atomic mass is 35.5. The van der Waals surface area contributed by atoms with Gasteiger partial charge in [-0.3, -0.25) is 4.90 Å². The molecule has 0 saturated carbocycles. The van der Waals surface area contributed by atoms with Gasteiger partial charge in [0.1, 0.15) is 0 Å². The number of aromatic nitrogens is 2. The van der Waals surface area contributed by atoms with E-state index in [0.717, 1.165) is 16.8 Å². The van der Waals surface area contributed by atoms with Gasteiger partial charge in [-0.05, 0) is 50.1 Å². The van der Waals surface area contributed by atoms with Gasteiger partial charge in [-0.1, -0.05) is 52.6 Å². The number of nitrogens with one attached hydrogen (secondary N) is 1. The monoisotopic (exact) mass is 486 g/mol. The Kier molecular flexibility index (Phi) is 7.33. The molecule has 2 aromatic carbocycles. The first-order chi connectivity index (χ1) is 16.0. The fourth-order valence-electron chi connectivity index (χ4n) is 3.81. The number of benzene rings is 2. The van der Waals surface area contributed by atoms with E-state index in [0.29, 0.717) is 53.5 Å². The van der Waals surface area contributed by atoms with E-state index >= 15 is 0 Å². The number of urea groups is 1. The second-order valence-electron chi connectivity index (χ2n) is 7.57. The molecule has 7 nitrogen and oxygen atoms in total. The van der Waals surface area contributed by atoms with Gasteiger partial charge in [0, 0.05) is 41.1 Å². The number of nitrogens with zero attached hydrogens (tertiary/aromatic N) is 3. The number of ether oxygens (including phenoxy) is 1. The van der Waals surface area contributed by atoms with E-state index in [1.54, 1.807) is 23.1 Å². The summed E-state index contributed by atoms with van der Waals surface area (Å²) in [6.07, 6.45) is 0.700. The Hall–Kier alpha value is -2.87. The van der Waals surface area contributed by atoms with Crippen molar-refractivity contribution >= 4 is 34.8 Å². The molecule has 0 saturated heterocycles. The lowest BCUT2D eigenvalue weighted by Gasteiger charge is -2.35. The van der Waals surface area contributed by atoms with Crippen LogP contribution in [0, 0.1) is 0 Å². The third kappa shape index (κ3) is 5.21. The Morgan fingerprint density at radius 3 is 2.64 bits per heavy atom. The van der Waals surface area contributed by atoms with E-state index in [1.807, 2.05) is 44.2 Å². The van der Waals surface area contributed by atoms with Crippen LogP contribution in [-0.2, 0) is 4.74 Å². The van der Waals surface area contributed by atoms with Crippen molar-refractivity contribution in [2.45, 2.75) is 26.3 Å². The molecule has 0 aliphatic carbocycles. The predicted molar refractivity (Wildman–Crippen MR) is 128 cm³/mol. The summed E-state index contributed by atoms with van der Waals surface area (Å²) in [6.45, 7) is 5.53. The number of hydrogen-bond acceptors (Lipinski definition) is 5. The molecule has 0 radical (unpaired) electrons. The first-order valence-corrected chi connectivity index (χ1v) is 11.5. The van der Waals surface area contributed by atoms with E-state index in [4.69, 9.17) is 32.5 Å². The summed E-state index contributed by atoms with van der Waals surface area (Å²) in [5, 5.41) is 8.38. The smallest absolute Gasteiger partial charge is 0.322 e. The summed E-state index contributed by atoms with van der Waals surface area (Å²) >= 11 is 12.4. The van der Waals surface area contributed by atoms with E-state index in [-0.39, 0.29) is 6.03 Å². The zero-order valence-electron chi connectivity index (χ0n) is 18.3. The second-order valence-corrected chi connectivity index (χ2v) is 8.45. The highest BCUT2D eigenvalue weighted by Crippen LogP contribution is 2.38. The topological polar surface area (TPSA) is 80.5 Å². The minimum Gasteiger partial charge on any atom is -0.382 e.